The van der Waals surface area contributed by atoms with Crippen LogP contribution in [0.1, 0.15) is 31.8 Å². The molecule has 3 rings (SSSR count). The topological polar surface area (TPSA) is 72.5 Å². The number of carbonyl (C=O) groups excluding carboxylic acids is 3. The molecule has 3 aromatic rings. The summed E-state index contributed by atoms with van der Waals surface area (Å²) < 4.78 is 5.05. The highest BCUT2D eigenvalue weighted by Crippen LogP contribution is 2.19. The maximum Gasteiger partial charge on any atom is 0.338 e. The molecule has 0 saturated heterocycles. The molecule has 1 N–H and O–H groups in total. The van der Waals surface area contributed by atoms with Gasteiger partial charge in [-0.1, -0.05) is 60.2 Å². The number of hydrogen-bond donors (Lipinski definition) is 1. The molecule has 0 unspecified atom stereocenters. The van der Waals surface area contributed by atoms with Gasteiger partial charge in [-0.3, -0.25) is 9.59 Å². The van der Waals surface area contributed by atoms with Crippen LogP contribution in [-0.2, 0) is 9.53 Å². The Bertz CT molecular complexity index is 995. The number of ether oxygens (including phenoxy) is 1. The Morgan fingerprint density at radius 1 is 0.786 bits per heavy atom. The van der Waals surface area contributed by atoms with Crippen molar-refractivity contribution in [1.82, 2.24) is 0 Å². The zero-order valence-electron chi connectivity index (χ0n) is 15.3. The normalized spacial score (nSPS) is 10.2. The Hall–Kier alpha value is -3.73. The van der Waals surface area contributed by atoms with Crippen LogP contribution in [0, 0.1) is 6.92 Å². The molecular weight excluding hydrogens is 354 g/mol. The minimum Gasteiger partial charge on any atom is -0.452 e. The quantitative estimate of drug-likeness (QED) is 0.523. The number of benzene rings is 3. The number of ketones is 1. The first kappa shape index (κ1) is 19.0. The zero-order chi connectivity index (χ0) is 19.9. The summed E-state index contributed by atoms with van der Waals surface area (Å²) in [5.41, 5.74) is 2.65. The van der Waals surface area contributed by atoms with E-state index in [1.54, 1.807) is 72.8 Å². The van der Waals surface area contributed by atoms with Crippen molar-refractivity contribution in [3.63, 3.8) is 0 Å². The fourth-order valence-electron chi connectivity index (χ4n) is 2.63. The van der Waals surface area contributed by atoms with Crippen molar-refractivity contribution in [2.75, 3.05) is 11.9 Å². The number of amides is 1. The van der Waals surface area contributed by atoms with E-state index in [0.29, 0.717) is 22.4 Å². The number of hydrogen-bond acceptors (Lipinski definition) is 4. The van der Waals surface area contributed by atoms with Crippen LogP contribution in [0.4, 0.5) is 5.69 Å². The number of aryl methyl sites for hydroxylation is 1. The van der Waals surface area contributed by atoms with E-state index in [1.807, 2.05) is 13.0 Å². The highest BCUT2D eigenvalue weighted by Gasteiger charge is 2.16. The maximum atomic E-state index is 12.7. The van der Waals surface area contributed by atoms with Crippen LogP contribution in [0.15, 0.2) is 78.9 Å². The molecule has 28 heavy (non-hydrogen) atoms. The van der Waals surface area contributed by atoms with E-state index >= 15 is 0 Å². The second kappa shape index (κ2) is 8.77. The third-order valence-electron chi connectivity index (χ3n) is 4.10. The third kappa shape index (κ3) is 4.71. The standard InChI is InChI=1S/C23H19NO4/c1-16-11-13-18(14-12-16)23(27)28-15-21(25)24-20-10-6-5-9-19(20)22(26)17-7-3-2-4-8-17/h2-14H,15H2,1H3,(H,24,25). The smallest absolute Gasteiger partial charge is 0.338 e. The molecule has 0 atom stereocenters. The molecule has 0 heterocycles. The maximum absolute atomic E-state index is 12.7. The summed E-state index contributed by atoms with van der Waals surface area (Å²) in [6, 6.07) is 22.4. The summed E-state index contributed by atoms with van der Waals surface area (Å²) in [7, 11) is 0. The van der Waals surface area contributed by atoms with E-state index < -0.39 is 18.5 Å². The number of anilines is 1. The van der Waals surface area contributed by atoms with Gasteiger partial charge in [-0.05, 0) is 31.2 Å². The van der Waals surface area contributed by atoms with Crippen molar-refractivity contribution >= 4 is 23.3 Å². The highest BCUT2D eigenvalue weighted by molar-refractivity contribution is 6.13. The van der Waals surface area contributed by atoms with E-state index in [0.717, 1.165) is 5.56 Å². The Kier molecular flexibility index (Phi) is 5.97. The van der Waals surface area contributed by atoms with Gasteiger partial charge >= 0.3 is 5.97 Å². The van der Waals surface area contributed by atoms with Crippen LogP contribution in [-0.4, -0.2) is 24.3 Å². The Labute approximate surface area is 163 Å². The average molecular weight is 373 g/mol. The molecule has 0 aliphatic heterocycles. The van der Waals surface area contributed by atoms with Gasteiger partial charge in [0.25, 0.3) is 5.91 Å². The molecule has 0 fully saturated rings. The summed E-state index contributed by atoms with van der Waals surface area (Å²) in [6.45, 7) is 1.47. The first-order chi connectivity index (χ1) is 13.5. The van der Waals surface area contributed by atoms with E-state index in [9.17, 15) is 14.4 Å². The lowest BCUT2D eigenvalue weighted by molar-refractivity contribution is -0.119. The lowest BCUT2D eigenvalue weighted by Crippen LogP contribution is -2.22. The molecule has 1 amide bonds. The lowest BCUT2D eigenvalue weighted by Gasteiger charge is -2.11. The molecule has 0 bridgehead atoms. The second-order valence-corrected chi connectivity index (χ2v) is 6.23. The summed E-state index contributed by atoms with van der Waals surface area (Å²) in [4.78, 5) is 36.9. The molecule has 0 aliphatic rings. The van der Waals surface area contributed by atoms with Gasteiger partial charge < -0.3 is 10.1 Å². The molecular formula is C23H19NO4. The van der Waals surface area contributed by atoms with Crippen molar-refractivity contribution in [1.29, 1.82) is 0 Å². The third-order valence-corrected chi connectivity index (χ3v) is 4.10. The summed E-state index contributed by atoms with van der Waals surface area (Å²) in [5, 5.41) is 2.64. The number of esters is 1. The Balaban J connectivity index is 1.65. The van der Waals surface area contributed by atoms with Gasteiger partial charge in [0.05, 0.1) is 11.3 Å². The minimum absolute atomic E-state index is 0.201. The average Bonchev–Trinajstić information content (AvgIpc) is 2.73. The van der Waals surface area contributed by atoms with Gasteiger partial charge in [0.15, 0.2) is 12.4 Å². The molecule has 140 valence electrons. The first-order valence-electron chi connectivity index (χ1n) is 8.77. The fraction of sp³-hybridized carbons (Fsp3) is 0.0870. The van der Waals surface area contributed by atoms with Crippen LogP contribution in [0.3, 0.4) is 0 Å². The van der Waals surface area contributed by atoms with Crippen LogP contribution < -0.4 is 5.32 Å². The summed E-state index contributed by atoms with van der Waals surface area (Å²) in [6.07, 6.45) is 0. The number of nitrogens with one attached hydrogen (secondary N) is 1. The molecule has 0 radical (unpaired) electrons. The van der Waals surface area contributed by atoms with Crippen LogP contribution in [0.2, 0.25) is 0 Å². The van der Waals surface area contributed by atoms with Crippen molar-refractivity contribution < 1.29 is 19.1 Å². The van der Waals surface area contributed by atoms with Crippen molar-refractivity contribution in [2.45, 2.75) is 6.92 Å². The fourth-order valence-corrected chi connectivity index (χ4v) is 2.63. The van der Waals surface area contributed by atoms with Crippen LogP contribution >= 0.6 is 0 Å². The first-order valence-corrected chi connectivity index (χ1v) is 8.77. The van der Waals surface area contributed by atoms with Gasteiger partial charge in [-0.25, -0.2) is 4.79 Å². The number of carbonyl (C=O) groups is 3. The summed E-state index contributed by atoms with van der Waals surface area (Å²) >= 11 is 0. The van der Waals surface area contributed by atoms with Gasteiger partial charge in [-0.15, -0.1) is 0 Å². The largest absolute Gasteiger partial charge is 0.452 e. The molecule has 3 aromatic carbocycles. The van der Waals surface area contributed by atoms with Gasteiger partial charge in [-0.2, -0.15) is 0 Å². The second-order valence-electron chi connectivity index (χ2n) is 6.23. The van der Waals surface area contributed by atoms with Crippen molar-refractivity contribution in [3.8, 4) is 0 Å². The van der Waals surface area contributed by atoms with Crippen LogP contribution in [0.25, 0.3) is 0 Å². The number of rotatable bonds is 6. The predicted molar refractivity (Wildman–Crippen MR) is 106 cm³/mol. The van der Waals surface area contributed by atoms with Gasteiger partial charge in [0.2, 0.25) is 0 Å². The molecule has 0 saturated carbocycles. The SMILES string of the molecule is Cc1ccc(C(=O)OCC(=O)Nc2ccccc2C(=O)c2ccccc2)cc1. The molecule has 0 spiro atoms. The predicted octanol–water partition coefficient (Wildman–Crippen LogP) is 4.02. The minimum atomic E-state index is -0.580. The van der Waals surface area contributed by atoms with Gasteiger partial charge in [0, 0.05) is 11.1 Å². The monoisotopic (exact) mass is 373 g/mol. The van der Waals surface area contributed by atoms with Crippen LogP contribution in [0.5, 0.6) is 0 Å². The molecule has 5 nitrogen and oxygen atoms in total. The molecule has 0 aromatic heterocycles. The molecule has 5 heteroatoms. The lowest BCUT2D eigenvalue weighted by atomic mass is 10.0. The van der Waals surface area contributed by atoms with E-state index in [-0.39, 0.29) is 5.78 Å². The van der Waals surface area contributed by atoms with E-state index in [2.05, 4.69) is 5.32 Å². The van der Waals surface area contributed by atoms with Crippen molar-refractivity contribution in [2.24, 2.45) is 0 Å². The summed E-state index contributed by atoms with van der Waals surface area (Å²) in [5.74, 6) is -1.30. The van der Waals surface area contributed by atoms with E-state index in [4.69, 9.17) is 4.74 Å². The molecule has 0 aliphatic carbocycles. The zero-order valence-corrected chi connectivity index (χ0v) is 15.3. The highest BCUT2D eigenvalue weighted by atomic mass is 16.5. The number of para-hydroxylation sites is 1. The van der Waals surface area contributed by atoms with Crippen molar-refractivity contribution in [3.05, 3.63) is 101 Å². The Morgan fingerprint density at radius 2 is 1.43 bits per heavy atom. The Morgan fingerprint density at radius 3 is 2.14 bits per heavy atom. The van der Waals surface area contributed by atoms with Gasteiger partial charge in [0.1, 0.15) is 0 Å². The van der Waals surface area contributed by atoms with E-state index in [1.165, 1.54) is 0 Å².